The molecule has 0 aliphatic carbocycles. The number of amides is 1. The monoisotopic (exact) mass is 473 g/mol. The van der Waals surface area contributed by atoms with Crippen molar-refractivity contribution in [3.05, 3.63) is 34.9 Å². The van der Waals surface area contributed by atoms with Crippen LogP contribution < -0.4 is 10.1 Å². The number of benzene rings is 1. The van der Waals surface area contributed by atoms with Gasteiger partial charge in [0, 0.05) is 26.1 Å². The van der Waals surface area contributed by atoms with Gasteiger partial charge in [0.2, 0.25) is 5.95 Å². The Labute approximate surface area is 196 Å². The molecule has 3 heterocycles. The van der Waals surface area contributed by atoms with Crippen molar-refractivity contribution in [3.63, 3.8) is 0 Å². The van der Waals surface area contributed by atoms with Crippen LogP contribution >= 0.6 is 0 Å². The van der Waals surface area contributed by atoms with Crippen molar-refractivity contribution in [2.24, 2.45) is 0 Å². The van der Waals surface area contributed by atoms with E-state index in [-0.39, 0.29) is 29.0 Å². The Bertz CT molecular complexity index is 1230. The molecule has 0 fully saturated rings. The SMILES string of the molecule is CCn1nc(C)c(F)c1C(=O)Nc1nc2cc(C(=O)OC)cc3c2n1CCCO[C@@H](C)CCO3. The van der Waals surface area contributed by atoms with Crippen LogP contribution in [0.5, 0.6) is 5.75 Å². The molecular weight excluding hydrogens is 445 g/mol. The third-order valence-corrected chi connectivity index (χ3v) is 5.73. The Hall–Kier alpha value is -3.47. The van der Waals surface area contributed by atoms with Gasteiger partial charge < -0.3 is 18.8 Å². The molecule has 0 spiro atoms. The summed E-state index contributed by atoms with van der Waals surface area (Å²) in [4.78, 5) is 29.9. The van der Waals surface area contributed by atoms with Gasteiger partial charge in [-0.1, -0.05) is 0 Å². The van der Waals surface area contributed by atoms with E-state index in [2.05, 4.69) is 15.4 Å². The maximum Gasteiger partial charge on any atom is 0.338 e. The molecule has 0 radical (unpaired) electrons. The predicted octanol–water partition coefficient (Wildman–Crippen LogP) is 3.32. The van der Waals surface area contributed by atoms with Gasteiger partial charge >= 0.3 is 5.97 Å². The highest BCUT2D eigenvalue weighted by molar-refractivity contribution is 6.04. The number of ether oxygens (including phenoxy) is 3. The van der Waals surface area contributed by atoms with Crippen molar-refractivity contribution in [1.82, 2.24) is 19.3 Å². The number of rotatable bonds is 4. The minimum atomic E-state index is -0.674. The molecule has 1 amide bonds. The van der Waals surface area contributed by atoms with Crippen LogP contribution in [0.1, 0.15) is 53.2 Å². The molecule has 11 heteroatoms. The van der Waals surface area contributed by atoms with Gasteiger partial charge in [-0.2, -0.15) is 5.10 Å². The number of esters is 1. The first kappa shape index (κ1) is 23.7. The van der Waals surface area contributed by atoms with E-state index in [1.54, 1.807) is 23.6 Å². The van der Waals surface area contributed by atoms with Crippen molar-refractivity contribution in [2.45, 2.75) is 52.8 Å². The second-order valence-electron chi connectivity index (χ2n) is 8.11. The topological polar surface area (TPSA) is 110 Å². The van der Waals surface area contributed by atoms with Gasteiger partial charge in [0.15, 0.2) is 11.5 Å². The number of nitrogens with one attached hydrogen (secondary N) is 1. The smallest absolute Gasteiger partial charge is 0.338 e. The Morgan fingerprint density at radius 3 is 2.85 bits per heavy atom. The van der Waals surface area contributed by atoms with E-state index in [1.807, 2.05) is 6.92 Å². The first-order valence-corrected chi connectivity index (χ1v) is 11.2. The molecule has 10 nitrogen and oxygen atoms in total. The molecule has 34 heavy (non-hydrogen) atoms. The zero-order valence-electron chi connectivity index (χ0n) is 19.7. The van der Waals surface area contributed by atoms with Crippen LogP contribution in [0.15, 0.2) is 12.1 Å². The van der Waals surface area contributed by atoms with Gasteiger partial charge in [-0.25, -0.2) is 14.2 Å². The van der Waals surface area contributed by atoms with E-state index in [0.29, 0.717) is 55.9 Å². The lowest BCUT2D eigenvalue weighted by atomic mass is 10.2. The summed E-state index contributed by atoms with van der Waals surface area (Å²) in [6.07, 6.45) is 1.33. The Balaban J connectivity index is 1.81. The third-order valence-electron chi connectivity index (χ3n) is 5.73. The summed E-state index contributed by atoms with van der Waals surface area (Å²) in [6.45, 7) is 6.93. The highest BCUT2D eigenvalue weighted by atomic mass is 19.1. The second-order valence-corrected chi connectivity index (χ2v) is 8.11. The second kappa shape index (κ2) is 9.80. The van der Waals surface area contributed by atoms with Crippen molar-refractivity contribution in [3.8, 4) is 5.75 Å². The predicted molar refractivity (Wildman–Crippen MR) is 122 cm³/mol. The van der Waals surface area contributed by atoms with Crippen LogP contribution in [-0.2, 0) is 22.6 Å². The van der Waals surface area contributed by atoms with Crippen molar-refractivity contribution in [1.29, 1.82) is 0 Å². The van der Waals surface area contributed by atoms with E-state index in [0.717, 1.165) is 0 Å². The molecule has 3 aromatic rings. The van der Waals surface area contributed by atoms with Gasteiger partial charge in [0.25, 0.3) is 5.91 Å². The van der Waals surface area contributed by atoms with E-state index in [1.165, 1.54) is 18.7 Å². The summed E-state index contributed by atoms with van der Waals surface area (Å²) in [5, 5.41) is 6.80. The number of halogens is 1. The number of carbonyl (C=O) groups excluding carboxylic acids is 2. The maximum atomic E-state index is 14.6. The van der Waals surface area contributed by atoms with Crippen LogP contribution in [-0.4, -0.2) is 57.6 Å². The molecule has 0 unspecified atom stereocenters. The molecule has 0 bridgehead atoms. The molecule has 0 saturated heterocycles. The molecule has 0 saturated carbocycles. The quantitative estimate of drug-likeness (QED) is 0.579. The maximum absolute atomic E-state index is 14.6. The van der Waals surface area contributed by atoms with Crippen molar-refractivity contribution >= 4 is 28.9 Å². The van der Waals surface area contributed by atoms with Gasteiger partial charge in [-0.15, -0.1) is 0 Å². The zero-order valence-corrected chi connectivity index (χ0v) is 19.7. The fourth-order valence-electron chi connectivity index (χ4n) is 3.98. The number of carbonyl (C=O) groups is 2. The van der Waals surface area contributed by atoms with Crippen LogP contribution in [0.25, 0.3) is 11.0 Å². The summed E-state index contributed by atoms with van der Waals surface area (Å²) in [5.74, 6) is -1.22. The van der Waals surface area contributed by atoms with E-state index in [9.17, 15) is 14.0 Å². The minimum absolute atomic E-state index is 0.00888. The standard InChI is InChI=1S/C23H28FN5O5/c1-5-29-20(18(24)14(3)27-29)21(30)26-23-25-16-11-15(22(31)32-4)12-17-19(16)28(23)8-6-9-33-13(2)7-10-34-17/h11-13H,5-10H2,1-4H3,(H,25,26,30)/t13-/m0/s1. The molecule has 1 aliphatic heterocycles. The number of hydrogen-bond acceptors (Lipinski definition) is 7. The van der Waals surface area contributed by atoms with E-state index >= 15 is 0 Å². The van der Waals surface area contributed by atoms with Crippen molar-refractivity contribution < 1.29 is 28.2 Å². The molecule has 1 aliphatic rings. The largest absolute Gasteiger partial charge is 0.491 e. The molecule has 1 aromatic carbocycles. The average Bonchev–Trinajstić information content (AvgIpc) is 3.30. The summed E-state index contributed by atoms with van der Waals surface area (Å²) < 4.78 is 34.5. The molecule has 2 aromatic heterocycles. The number of imidazole rings is 1. The Morgan fingerprint density at radius 2 is 2.12 bits per heavy atom. The number of nitrogens with zero attached hydrogens (tertiary/aromatic N) is 4. The van der Waals surface area contributed by atoms with Crippen LogP contribution in [0.2, 0.25) is 0 Å². The summed E-state index contributed by atoms with van der Waals surface area (Å²) in [7, 11) is 1.30. The normalized spacial score (nSPS) is 16.6. The third kappa shape index (κ3) is 4.47. The summed E-state index contributed by atoms with van der Waals surface area (Å²) in [6, 6.07) is 3.19. The summed E-state index contributed by atoms with van der Waals surface area (Å²) in [5.41, 5.74) is 1.32. The van der Waals surface area contributed by atoms with E-state index in [4.69, 9.17) is 14.2 Å². The molecule has 182 valence electrons. The number of anilines is 1. The highest BCUT2D eigenvalue weighted by Crippen LogP contribution is 2.32. The lowest BCUT2D eigenvalue weighted by Crippen LogP contribution is -2.21. The Kier molecular flexibility index (Phi) is 6.82. The number of hydrogen-bond donors (Lipinski definition) is 1. The summed E-state index contributed by atoms with van der Waals surface area (Å²) >= 11 is 0. The number of methoxy groups -OCH3 is 1. The zero-order chi connectivity index (χ0) is 24.4. The lowest BCUT2D eigenvalue weighted by Gasteiger charge is -2.13. The first-order chi connectivity index (χ1) is 16.3. The van der Waals surface area contributed by atoms with Gasteiger partial charge in [-0.3, -0.25) is 14.8 Å². The first-order valence-electron chi connectivity index (χ1n) is 11.2. The highest BCUT2D eigenvalue weighted by Gasteiger charge is 2.25. The van der Waals surface area contributed by atoms with Gasteiger partial charge in [0.05, 0.1) is 36.6 Å². The molecule has 4 rings (SSSR count). The Morgan fingerprint density at radius 1 is 1.32 bits per heavy atom. The van der Waals surface area contributed by atoms with Crippen molar-refractivity contribution in [2.75, 3.05) is 25.6 Å². The minimum Gasteiger partial charge on any atom is -0.491 e. The fraction of sp³-hybridized carbons (Fsp3) is 0.478. The number of aryl methyl sites for hydroxylation is 3. The van der Waals surface area contributed by atoms with E-state index < -0.39 is 17.7 Å². The van der Waals surface area contributed by atoms with Crippen LogP contribution in [0, 0.1) is 12.7 Å². The van der Waals surface area contributed by atoms with Crippen LogP contribution in [0.3, 0.4) is 0 Å². The average molecular weight is 474 g/mol. The molecular formula is C23H28FN5O5. The van der Waals surface area contributed by atoms with Gasteiger partial charge in [-0.05, 0) is 39.3 Å². The fourth-order valence-corrected chi connectivity index (χ4v) is 3.98. The number of aromatic nitrogens is 4. The lowest BCUT2D eigenvalue weighted by molar-refractivity contribution is 0.0484. The molecule has 1 atom stereocenters. The van der Waals surface area contributed by atoms with Gasteiger partial charge in [0.1, 0.15) is 11.3 Å². The molecule has 1 N–H and O–H groups in total. The van der Waals surface area contributed by atoms with Crippen LogP contribution in [0.4, 0.5) is 10.3 Å².